The van der Waals surface area contributed by atoms with Gasteiger partial charge in [-0.3, -0.25) is 4.79 Å². The van der Waals surface area contributed by atoms with Gasteiger partial charge in [0.25, 0.3) is 0 Å². The van der Waals surface area contributed by atoms with Gasteiger partial charge in [0.1, 0.15) is 0 Å². The molecule has 0 radical (unpaired) electrons. The number of benzene rings is 1. The quantitative estimate of drug-likeness (QED) is 0.583. The lowest BCUT2D eigenvalue weighted by molar-refractivity contribution is -0.121. The van der Waals surface area contributed by atoms with Crippen LogP contribution in [0.15, 0.2) is 24.3 Å². The Morgan fingerprint density at radius 2 is 1.68 bits per heavy atom. The molecule has 0 fully saturated rings. The van der Waals surface area contributed by atoms with Crippen molar-refractivity contribution < 1.29 is 4.79 Å². The third kappa shape index (κ3) is 5.65. The lowest BCUT2D eigenvalue weighted by Gasteiger charge is -2.15. The van der Waals surface area contributed by atoms with E-state index >= 15 is 0 Å². The van der Waals surface area contributed by atoms with E-state index in [9.17, 15) is 4.79 Å². The minimum atomic E-state index is 0.0599. The molecule has 1 aromatic carbocycles. The maximum Gasteiger partial charge on any atom is 0.220 e. The number of halogens is 1. The Bertz CT molecular complexity index is 386. The van der Waals surface area contributed by atoms with Crippen LogP contribution in [0, 0.1) is 0 Å². The van der Waals surface area contributed by atoms with E-state index in [1.165, 1.54) is 5.56 Å². The first-order chi connectivity index (χ1) is 9.04. The molecular formula is C16H24ClNO. The maximum absolute atomic E-state index is 11.7. The fourth-order valence-electron chi connectivity index (χ4n) is 1.95. The number of alkyl halides is 1. The molecule has 1 N–H and O–H groups in total. The molecule has 1 aromatic rings. The molecule has 0 saturated heterocycles. The van der Waals surface area contributed by atoms with Gasteiger partial charge in [-0.05, 0) is 36.8 Å². The van der Waals surface area contributed by atoms with Crippen molar-refractivity contribution in [3.63, 3.8) is 0 Å². The van der Waals surface area contributed by atoms with Gasteiger partial charge in [0.2, 0.25) is 5.91 Å². The zero-order valence-electron chi connectivity index (χ0n) is 12.1. The van der Waals surface area contributed by atoms with Gasteiger partial charge >= 0.3 is 0 Å². The summed E-state index contributed by atoms with van der Waals surface area (Å²) in [7, 11) is 0. The van der Waals surface area contributed by atoms with Gasteiger partial charge in [-0.2, -0.15) is 0 Å². The summed E-state index contributed by atoms with van der Waals surface area (Å²) in [6.45, 7) is 6.37. The molecule has 1 amide bonds. The van der Waals surface area contributed by atoms with Crippen LogP contribution in [-0.2, 0) is 4.79 Å². The van der Waals surface area contributed by atoms with E-state index in [0.29, 0.717) is 18.2 Å². The SMILES string of the molecule is CC(C)c1ccc(C(C)NC(=O)CCCCCl)cc1. The fourth-order valence-corrected chi connectivity index (χ4v) is 2.14. The molecule has 106 valence electrons. The molecule has 0 aromatic heterocycles. The predicted molar refractivity (Wildman–Crippen MR) is 81.7 cm³/mol. The van der Waals surface area contributed by atoms with Crippen LogP contribution in [-0.4, -0.2) is 11.8 Å². The molecular weight excluding hydrogens is 258 g/mol. The third-order valence-corrected chi connectivity index (χ3v) is 3.54. The molecule has 1 atom stereocenters. The highest BCUT2D eigenvalue weighted by Crippen LogP contribution is 2.18. The summed E-state index contributed by atoms with van der Waals surface area (Å²) >= 11 is 5.60. The van der Waals surface area contributed by atoms with E-state index in [-0.39, 0.29) is 11.9 Å². The van der Waals surface area contributed by atoms with Crippen molar-refractivity contribution >= 4 is 17.5 Å². The number of carbonyl (C=O) groups is 1. The summed E-state index contributed by atoms with van der Waals surface area (Å²) in [5, 5.41) is 3.02. The molecule has 0 bridgehead atoms. The molecule has 0 heterocycles. The largest absolute Gasteiger partial charge is 0.350 e. The van der Waals surface area contributed by atoms with Crippen LogP contribution >= 0.6 is 11.6 Å². The molecule has 0 aliphatic rings. The number of unbranched alkanes of at least 4 members (excludes halogenated alkanes) is 1. The second-order valence-corrected chi connectivity index (χ2v) is 5.63. The van der Waals surface area contributed by atoms with E-state index < -0.39 is 0 Å². The molecule has 0 aliphatic carbocycles. The van der Waals surface area contributed by atoms with Crippen LogP contribution in [0.3, 0.4) is 0 Å². The molecule has 0 saturated carbocycles. The Morgan fingerprint density at radius 1 is 1.11 bits per heavy atom. The van der Waals surface area contributed by atoms with E-state index in [2.05, 4.69) is 43.4 Å². The van der Waals surface area contributed by atoms with Gasteiger partial charge in [-0.1, -0.05) is 38.1 Å². The number of rotatable bonds is 7. The summed E-state index contributed by atoms with van der Waals surface area (Å²) in [5.74, 6) is 1.26. The topological polar surface area (TPSA) is 29.1 Å². The summed E-state index contributed by atoms with van der Waals surface area (Å²) in [5.41, 5.74) is 2.47. The Kier molecular flexibility index (Phi) is 6.93. The van der Waals surface area contributed by atoms with Crippen molar-refractivity contribution in [2.75, 3.05) is 5.88 Å². The predicted octanol–water partition coefficient (Wildman–Crippen LogP) is 4.40. The molecule has 0 spiro atoms. The minimum Gasteiger partial charge on any atom is -0.350 e. The highest BCUT2D eigenvalue weighted by atomic mass is 35.5. The van der Waals surface area contributed by atoms with Gasteiger partial charge in [-0.25, -0.2) is 0 Å². The number of hydrogen-bond acceptors (Lipinski definition) is 1. The number of nitrogens with one attached hydrogen (secondary N) is 1. The fraction of sp³-hybridized carbons (Fsp3) is 0.562. The van der Waals surface area contributed by atoms with E-state index in [1.807, 2.05) is 6.92 Å². The van der Waals surface area contributed by atoms with Crippen LogP contribution in [0.4, 0.5) is 0 Å². The van der Waals surface area contributed by atoms with Crippen molar-refractivity contribution in [2.24, 2.45) is 0 Å². The number of hydrogen-bond donors (Lipinski definition) is 1. The molecule has 0 aliphatic heterocycles. The first-order valence-corrected chi connectivity index (χ1v) is 7.53. The Balaban J connectivity index is 2.48. The van der Waals surface area contributed by atoms with Gasteiger partial charge in [-0.15, -0.1) is 11.6 Å². The van der Waals surface area contributed by atoms with E-state index in [1.54, 1.807) is 0 Å². The second kappa shape index (κ2) is 8.21. The van der Waals surface area contributed by atoms with Crippen molar-refractivity contribution in [3.8, 4) is 0 Å². The van der Waals surface area contributed by atoms with Crippen LogP contribution in [0.1, 0.15) is 63.1 Å². The minimum absolute atomic E-state index is 0.0599. The summed E-state index contributed by atoms with van der Waals surface area (Å²) in [6.07, 6.45) is 2.31. The van der Waals surface area contributed by atoms with Gasteiger partial charge in [0.15, 0.2) is 0 Å². The smallest absolute Gasteiger partial charge is 0.220 e. The van der Waals surface area contributed by atoms with Crippen LogP contribution in [0.25, 0.3) is 0 Å². The van der Waals surface area contributed by atoms with Gasteiger partial charge in [0.05, 0.1) is 6.04 Å². The standard InChI is InChI=1S/C16H24ClNO/c1-12(2)14-7-9-15(10-8-14)13(3)18-16(19)6-4-5-11-17/h7-10,12-13H,4-6,11H2,1-3H3,(H,18,19). The van der Waals surface area contributed by atoms with Crippen molar-refractivity contribution in [1.82, 2.24) is 5.32 Å². The first-order valence-electron chi connectivity index (χ1n) is 6.99. The third-order valence-electron chi connectivity index (χ3n) is 3.27. The van der Waals surface area contributed by atoms with E-state index in [0.717, 1.165) is 18.4 Å². The zero-order chi connectivity index (χ0) is 14.3. The van der Waals surface area contributed by atoms with E-state index in [4.69, 9.17) is 11.6 Å². The Labute approximate surface area is 121 Å². The van der Waals surface area contributed by atoms with Crippen molar-refractivity contribution in [3.05, 3.63) is 35.4 Å². The van der Waals surface area contributed by atoms with Crippen LogP contribution in [0.5, 0.6) is 0 Å². The zero-order valence-corrected chi connectivity index (χ0v) is 12.8. The molecule has 2 nitrogen and oxygen atoms in total. The lowest BCUT2D eigenvalue weighted by atomic mass is 9.99. The molecule has 19 heavy (non-hydrogen) atoms. The van der Waals surface area contributed by atoms with Crippen molar-refractivity contribution in [1.29, 1.82) is 0 Å². The normalized spacial score (nSPS) is 12.5. The van der Waals surface area contributed by atoms with Gasteiger partial charge in [0, 0.05) is 12.3 Å². The molecule has 1 unspecified atom stereocenters. The first kappa shape index (κ1) is 16.0. The van der Waals surface area contributed by atoms with Crippen molar-refractivity contribution in [2.45, 2.75) is 52.0 Å². The Hall–Kier alpha value is -1.02. The van der Waals surface area contributed by atoms with Crippen LogP contribution < -0.4 is 5.32 Å². The summed E-state index contributed by atoms with van der Waals surface area (Å²) in [6, 6.07) is 8.52. The second-order valence-electron chi connectivity index (χ2n) is 5.26. The maximum atomic E-state index is 11.7. The average molecular weight is 282 g/mol. The summed E-state index contributed by atoms with van der Waals surface area (Å²) in [4.78, 5) is 11.7. The molecule has 3 heteroatoms. The molecule has 1 rings (SSSR count). The lowest BCUT2D eigenvalue weighted by Crippen LogP contribution is -2.26. The highest BCUT2D eigenvalue weighted by Gasteiger charge is 2.09. The average Bonchev–Trinajstić information content (AvgIpc) is 2.39. The highest BCUT2D eigenvalue weighted by molar-refractivity contribution is 6.17. The van der Waals surface area contributed by atoms with Gasteiger partial charge < -0.3 is 5.32 Å². The van der Waals surface area contributed by atoms with Crippen LogP contribution in [0.2, 0.25) is 0 Å². The Morgan fingerprint density at radius 3 is 2.21 bits per heavy atom. The monoisotopic (exact) mass is 281 g/mol. The number of amides is 1. The summed E-state index contributed by atoms with van der Waals surface area (Å²) < 4.78 is 0. The number of carbonyl (C=O) groups excluding carboxylic acids is 1.